The fraction of sp³-hybridized carbons (Fsp3) is 0.458. The van der Waals surface area contributed by atoms with Crippen LogP contribution < -0.4 is 4.90 Å². The number of rotatable bonds is 6. The number of para-hydroxylation sites is 1. The summed E-state index contributed by atoms with van der Waals surface area (Å²) in [4.78, 5) is 16.5. The second-order valence-corrected chi connectivity index (χ2v) is 7.97. The monoisotopic (exact) mass is 362 g/mol. The molecule has 3 heteroatoms. The Hall–Kier alpha value is -2.13. The number of anilines is 1. The lowest BCUT2D eigenvalue weighted by atomic mass is 9.99. The van der Waals surface area contributed by atoms with E-state index in [-0.39, 0.29) is 6.04 Å². The smallest absolute Gasteiger partial charge is 0.142 e. The van der Waals surface area contributed by atoms with E-state index in [1.54, 1.807) is 0 Å². The topological polar surface area (TPSA) is 23.6 Å². The molecule has 2 saturated heterocycles. The highest BCUT2D eigenvalue weighted by atomic mass is 16.1. The van der Waals surface area contributed by atoms with Crippen molar-refractivity contribution >= 4 is 12.0 Å². The average Bonchev–Trinajstić information content (AvgIpc) is 3.22. The maximum atomic E-state index is 11.5. The number of hydrogen-bond acceptors (Lipinski definition) is 3. The second kappa shape index (κ2) is 8.71. The second-order valence-electron chi connectivity index (χ2n) is 7.97. The van der Waals surface area contributed by atoms with Gasteiger partial charge in [-0.15, -0.1) is 0 Å². The molecular formula is C24H30N2O. The third kappa shape index (κ3) is 4.24. The molecule has 0 spiro atoms. The van der Waals surface area contributed by atoms with Crippen LogP contribution in [0.15, 0.2) is 54.6 Å². The van der Waals surface area contributed by atoms with Gasteiger partial charge in [-0.05, 0) is 61.8 Å². The van der Waals surface area contributed by atoms with E-state index >= 15 is 0 Å². The highest BCUT2D eigenvalue weighted by molar-refractivity contribution is 5.68. The first kappa shape index (κ1) is 18.2. The Labute approximate surface area is 163 Å². The standard InChI is InChI=1S/C24H30N2O/c27-19-23-11-6-7-15-26(23)24-12-5-4-10-21(24)13-16-25-17-14-22(18-25)20-8-2-1-3-9-20/h1-5,8-10,12,19,22-23H,6-7,11,13-18H2. The number of benzene rings is 2. The lowest BCUT2D eigenvalue weighted by Gasteiger charge is -2.35. The predicted molar refractivity (Wildman–Crippen MR) is 111 cm³/mol. The minimum absolute atomic E-state index is 0.0501. The molecule has 142 valence electrons. The van der Waals surface area contributed by atoms with Crippen molar-refractivity contribution in [3.8, 4) is 0 Å². The summed E-state index contributed by atoms with van der Waals surface area (Å²) in [6, 6.07) is 19.7. The number of piperidine rings is 1. The van der Waals surface area contributed by atoms with E-state index in [0.717, 1.165) is 45.2 Å². The van der Waals surface area contributed by atoms with E-state index in [9.17, 15) is 4.79 Å². The van der Waals surface area contributed by atoms with Crippen LogP contribution in [-0.2, 0) is 11.2 Å². The summed E-state index contributed by atoms with van der Waals surface area (Å²) in [6.07, 6.45) is 6.79. The molecule has 0 radical (unpaired) electrons. The normalized spacial score (nSPS) is 23.5. The van der Waals surface area contributed by atoms with E-state index in [1.807, 2.05) is 0 Å². The molecule has 3 nitrogen and oxygen atoms in total. The van der Waals surface area contributed by atoms with Gasteiger partial charge in [0, 0.05) is 25.3 Å². The lowest BCUT2D eigenvalue weighted by Crippen LogP contribution is -2.41. The number of aldehydes is 1. The van der Waals surface area contributed by atoms with Crippen LogP contribution >= 0.6 is 0 Å². The molecular weight excluding hydrogens is 332 g/mol. The summed E-state index contributed by atoms with van der Waals surface area (Å²) in [5.74, 6) is 0.669. The number of carbonyl (C=O) groups is 1. The summed E-state index contributed by atoms with van der Waals surface area (Å²) in [7, 11) is 0. The molecule has 0 aromatic heterocycles. The lowest BCUT2D eigenvalue weighted by molar-refractivity contribution is -0.109. The summed E-state index contributed by atoms with van der Waals surface area (Å²) in [6.45, 7) is 4.44. The Kier molecular flexibility index (Phi) is 5.88. The van der Waals surface area contributed by atoms with E-state index in [2.05, 4.69) is 64.4 Å². The first-order valence-corrected chi connectivity index (χ1v) is 10.4. The molecule has 27 heavy (non-hydrogen) atoms. The Bertz CT molecular complexity index is 745. The van der Waals surface area contributed by atoms with Gasteiger partial charge in [0.1, 0.15) is 6.29 Å². The number of nitrogens with zero attached hydrogens (tertiary/aromatic N) is 2. The van der Waals surface area contributed by atoms with E-state index < -0.39 is 0 Å². The van der Waals surface area contributed by atoms with Gasteiger partial charge in [-0.3, -0.25) is 0 Å². The van der Waals surface area contributed by atoms with Gasteiger partial charge in [-0.25, -0.2) is 0 Å². The highest BCUT2D eigenvalue weighted by Gasteiger charge is 2.25. The zero-order valence-corrected chi connectivity index (χ0v) is 16.1. The zero-order chi connectivity index (χ0) is 18.5. The van der Waals surface area contributed by atoms with Crippen LogP contribution in [0.1, 0.15) is 42.7 Å². The van der Waals surface area contributed by atoms with Crippen molar-refractivity contribution in [1.82, 2.24) is 4.90 Å². The summed E-state index contributed by atoms with van der Waals surface area (Å²) >= 11 is 0. The van der Waals surface area contributed by atoms with Gasteiger partial charge in [-0.2, -0.15) is 0 Å². The van der Waals surface area contributed by atoms with Crippen LogP contribution in [0.25, 0.3) is 0 Å². The van der Waals surface area contributed by atoms with E-state index in [1.165, 1.54) is 36.2 Å². The molecule has 0 amide bonds. The van der Waals surface area contributed by atoms with Crippen molar-refractivity contribution in [2.24, 2.45) is 0 Å². The maximum absolute atomic E-state index is 11.5. The highest BCUT2D eigenvalue weighted by Crippen LogP contribution is 2.30. The minimum Gasteiger partial charge on any atom is -0.362 e. The quantitative estimate of drug-likeness (QED) is 0.717. The van der Waals surface area contributed by atoms with Crippen molar-refractivity contribution in [2.75, 3.05) is 31.1 Å². The molecule has 2 heterocycles. The van der Waals surface area contributed by atoms with Crippen LogP contribution in [0.5, 0.6) is 0 Å². The van der Waals surface area contributed by atoms with Gasteiger partial charge in [0.15, 0.2) is 0 Å². The molecule has 0 aliphatic carbocycles. The van der Waals surface area contributed by atoms with Crippen molar-refractivity contribution in [3.05, 3.63) is 65.7 Å². The van der Waals surface area contributed by atoms with Crippen LogP contribution in [0.3, 0.4) is 0 Å². The molecule has 0 N–H and O–H groups in total. The van der Waals surface area contributed by atoms with Crippen molar-refractivity contribution < 1.29 is 4.79 Å². The van der Waals surface area contributed by atoms with Crippen molar-refractivity contribution in [2.45, 2.75) is 44.1 Å². The number of likely N-dealkylation sites (tertiary alicyclic amines) is 1. The first-order chi connectivity index (χ1) is 13.3. The van der Waals surface area contributed by atoms with Gasteiger partial charge in [-0.1, -0.05) is 48.5 Å². The van der Waals surface area contributed by atoms with Crippen LogP contribution in [-0.4, -0.2) is 43.4 Å². The first-order valence-electron chi connectivity index (χ1n) is 10.4. The van der Waals surface area contributed by atoms with Gasteiger partial charge in [0.25, 0.3) is 0 Å². The Morgan fingerprint density at radius 2 is 1.74 bits per heavy atom. The third-order valence-electron chi connectivity index (χ3n) is 6.25. The van der Waals surface area contributed by atoms with E-state index in [4.69, 9.17) is 0 Å². The molecule has 0 bridgehead atoms. The number of carbonyl (C=O) groups excluding carboxylic acids is 1. The summed E-state index contributed by atoms with van der Waals surface area (Å²) in [5.41, 5.74) is 4.13. The fourth-order valence-electron chi connectivity index (χ4n) is 4.71. The maximum Gasteiger partial charge on any atom is 0.142 e. The van der Waals surface area contributed by atoms with Crippen LogP contribution in [0.4, 0.5) is 5.69 Å². The SMILES string of the molecule is O=CC1CCCCN1c1ccccc1CCN1CCC(c2ccccc2)C1. The fourth-order valence-corrected chi connectivity index (χ4v) is 4.71. The molecule has 2 aliphatic heterocycles. The Balaban J connectivity index is 1.40. The summed E-state index contributed by atoms with van der Waals surface area (Å²) in [5, 5.41) is 0. The third-order valence-corrected chi connectivity index (χ3v) is 6.25. The van der Waals surface area contributed by atoms with Crippen LogP contribution in [0, 0.1) is 0 Å². The predicted octanol–water partition coefficient (Wildman–Crippen LogP) is 4.28. The Morgan fingerprint density at radius 3 is 2.59 bits per heavy atom. The molecule has 2 fully saturated rings. The largest absolute Gasteiger partial charge is 0.362 e. The van der Waals surface area contributed by atoms with E-state index in [0.29, 0.717) is 5.92 Å². The number of hydrogen-bond donors (Lipinski definition) is 0. The molecule has 2 aromatic carbocycles. The minimum atomic E-state index is 0.0501. The summed E-state index contributed by atoms with van der Waals surface area (Å²) < 4.78 is 0. The van der Waals surface area contributed by atoms with Gasteiger partial charge >= 0.3 is 0 Å². The Morgan fingerprint density at radius 1 is 0.926 bits per heavy atom. The van der Waals surface area contributed by atoms with Crippen molar-refractivity contribution in [1.29, 1.82) is 0 Å². The van der Waals surface area contributed by atoms with Gasteiger partial charge < -0.3 is 14.6 Å². The molecule has 4 rings (SSSR count). The van der Waals surface area contributed by atoms with Gasteiger partial charge in [0.05, 0.1) is 6.04 Å². The molecule has 2 atom stereocenters. The molecule has 0 saturated carbocycles. The zero-order valence-electron chi connectivity index (χ0n) is 16.1. The van der Waals surface area contributed by atoms with Gasteiger partial charge in [0.2, 0.25) is 0 Å². The molecule has 2 aliphatic rings. The average molecular weight is 363 g/mol. The van der Waals surface area contributed by atoms with Crippen LogP contribution in [0.2, 0.25) is 0 Å². The molecule has 2 aromatic rings. The molecule has 2 unspecified atom stereocenters. The van der Waals surface area contributed by atoms with Crippen molar-refractivity contribution in [3.63, 3.8) is 0 Å².